The molecular formula is C11H16N2O5. The van der Waals surface area contributed by atoms with Crippen LogP contribution in [-0.4, -0.2) is 40.8 Å². The third-order valence-electron chi connectivity index (χ3n) is 2.00. The molecule has 0 aromatic rings. The van der Waals surface area contributed by atoms with Gasteiger partial charge in [-0.15, -0.1) is 5.92 Å². The number of carboxylic acid groups (broad SMARTS) is 2. The minimum atomic E-state index is -1.20. The zero-order valence-electron chi connectivity index (χ0n) is 10.0. The van der Waals surface area contributed by atoms with Crippen LogP contribution in [0.1, 0.15) is 26.2 Å². The van der Waals surface area contributed by atoms with Gasteiger partial charge in [0, 0.05) is 6.42 Å². The van der Waals surface area contributed by atoms with Gasteiger partial charge in [-0.25, -0.2) is 9.59 Å². The normalized spacial score (nSPS) is 10.7. The average Bonchev–Trinajstić information content (AvgIpc) is 2.27. The SMILES string of the molecule is CC#CCNC(=O)N[C@H](CCCC(=O)O)C(=O)O. The van der Waals surface area contributed by atoms with Gasteiger partial charge in [0.05, 0.1) is 6.54 Å². The predicted molar refractivity (Wildman–Crippen MR) is 62.9 cm³/mol. The standard InChI is InChI=1S/C11H16N2O5/c1-2-3-7-12-11(18)13-8(10(16)17)5-4-6-9(14)15/h8H,4-7H2,1H3,(H,14,15)(H,16,17)(H2,12,13,18)/t8-/m1/s1. The first-order chi connectivity index (χ1) is 8.47. The minimum absolute atomic E-state index is 0.0640. The van der Waals surface area contributed by atoms with Crippen LogP contribution in [0.5, 0.6) is 0 Å². The molecule has 0 radical (unpaired) electrons. The quantitative estimate of drug-likeness (QED) is 0.479. The molecule has 0 heterocycles. The molecule has 0 rings (SSSR count). The number of carboxylic acids is 2. The van der Waals surface area contributed by atoms with Crippen molar-refractivity contribution >= 4 is 18.0 Å². The number of hydrogen-bond donors (Lipinski definition) is 4. The molecule has 0 fully saturated rings. The molecule has 100 valence electrons. The summed E-state index contributed by atoms with van der Waals surface area (Å²) in [5.41, 5.74) is 0. The van der Waals surface area contributed by atoms with Crippen molar-refractivity contribution in [2.24, 2.45) is 0 Å². The molecule has 0 unspecified atom stereocenters. The molecule has 7 heteroatoms. The van der Waals surface area contributed by atoms with E-state index in [0.717, 1.165) is 0 Å². The van der Waals surface area contributed by atoms with E-state index in [4.69, 9.17) is 10.2 Å². The molecular weight excluding hydrogens is 240 g/mol. The number of amides is 2. The van der Waals surface area contributed by atoms with E-state index in [-0.39, 0.29) is 25.8 Å². The smallest absolute Gasteiger partial charge is 0.326 e. The lowest BCUT2D eigenvalue weighted by molar-refractivity contribution is -0.140. The molecule has 0 aromatic heterocycles. The van der Waals surface area contributed by atoms with E-state index in [1.165, 1.54) is 0 Å². The van der Waals surface area contributed by atoms with Crippen LogP contribution in [0.2, 0.25) is 0 Å². The van der Waals surface area contributed by atoms with E-state index in [9.17, 15) is 14.4 Å². The fraction of sp³-hybridized carbons (Fsp3) is 0.545. The number of nitrogens with one attached hydrogen (secondary N) is 2. The molecule has 2 amide bonds. The van der Waals surface area contributed by atoms with Crippen LogP contribution in [0.15, 0.2) is 0 Å². The van der Waals surface area contributed by atoms with Crippen molar-refractivity contribution in [2.45, 2.75) is 32.2 Å². The van der Waals surface area contributed by atoms with Crippen molar-refractivity contribution in [3.63, 3.8) is 0 Å². The summed E-state index contributed by atoms with van der Waals surface area (Å²) in [7, 11) is 0. The Morgan fingerprint density at radius 3 is 2.44 bits per heavy atom. The van der Waals surface area contributed by atoms with Crippen LogP contribution in [0.25, 0.3) is 0 Å². The molecule has 0 saturated heterocycles. The highest BCUT2D eigenvalue weighted by Crippen LogP contribution is 2.01. The van der Waals surface area contributed by atoms with E-state index in [1.807, 2.05) is 0 Å². The first-order valence-electron chi connectivity index (χ1n) is 5.36. The molecule has 0 aliphatic rings. The first-order valence-corrected chi connectivity index (χ1v) is 5.36. The van der Waals surface area contributed by atoms with Crippen LogP contribution >= 0.6 is 0 Å². The second kappa shape index (κ2) is 8.87. The molecule has 0 aromatic carbocycles. The van der Waals surface area contributed by atoms with Crippen LogP contribution < -0.4 is 10.6 Å². The Balaban J connectivity index is 4.09. The van der Waals surface area contributed by atoms with Crippen molar-refractivity contribution in [1.29, 1.82) is 0 Å². The zero-order chi connectivity index (χ0) is 14.0. The highest BCUT2D eigenvalue weighted by atomic mass is 16.4. The monoisotopic (exact) mass is 256 g/mol. The lowest BCUT2D eigenvalue weighted by Crippen LogP contribution is -2.46. The summed E-state index contributed by atoms with van der Waals surface area (Å²) < 4.78 is 0. The summed E-state index contributed by atoms with van der Waals surface area (Å²) >= 11 is 0. The topological polar surface area (TPSA) is 116 Å². The maximum atomic E-state index is 11.3. The van der Waals surface area contributed by atoms with Crippen LogP contribution in [0, 0.1) is 11.8 Å². The number of carbonyl (C=O) groups excluding carboxylic acids is 1. The Hall–Kier alpha value is -2.23. The first kappa shape index (κ1) is 15.8. The molecule has 0 aliphatic heterocycles. The van der Waals surface area contributed by atoms with Gasteiger partial charge in [0.25, 0.3) is 0 Å². The number of aliphatic carboxylic acids is 2. The molecule has 0 bridgehead atoms. The maximum absolute atomic E-state index is 11.3. The second-order valence-electron chi connectivity index (χ2n) is 3.43. The Morgan fingerprint density at radius 1 is 1.28 bits per heavy atom. The minimum Gasteiger partial charge on any atom is -0.481 e. The summed E-state index contributed by atoms with van der Waals surface area (Å²) in [5, 5.41) is 21.9. The van der Waals surface area contributed by atoms with Gasteiger partial charge in [0.1, 0.15) is 6.04 Å². The van der Waals surface area contributed by atoms with Crippen molar-refractivity contribution in [2.75, 3.05) is 6.54 Å². The van der Waals surface area contributed by atoms with Gasteiger partial charge >= 0.3 is 18.0 Å². The van der Waals surface area contributed by atoms with Crippen molar-refractivity contribution in [3.05, 3.63) is 0 Å². The highest BCUT2D eigenvalue weighted by molar-refractivity contribution is 5.82. The van der Waals surface area contributed by atoms with Gasteiger partial charge in [0.2, 0.25) is 0 Å². The van der Waals surface area contributed by atoms with E-state index in [0.29, 0.717) is 0 Å². The number of rotatable bonds is 7. The number of hydrogen-bond acceptors (Lipinski definition) is 3. The Morgan fingerprint density at radius 2 is 1.94 bits per heavy atom. The molecule has 18 heavy (non-hydrogen) atoms. The van der Waals surface area contributed by atoms with Gasteiger partial charge in [-0.05, 0) is 19.8 Å². The fourth-order valence-corrected chi connectivity index (χ4v) is 1.14. The summed E-state index contributed by atoms with van der Waals surface area (Å²) in [4.78, 5) is 32.4. The van der Waals surface area contributed by atoms with E-state index >= 15 is 0 Å². The third kappa shape index (κ3) is 7.98. The van der Waals surface area contributed by atoms with Gasteiger partial charge in [-0.3, -0.25) is 4.79 Å². The Bertz CT molecular complexity index is 369. The molecule has 0 aliphatic carbocycles. The third-order valence-corrected chi connectivity index (χ3v) is 2.00. The lowest BCUT2D eigenvalue weighted by Gasteiger charge is -2.13. The average molecular weight is 256 g/mol. The summed E-state index contributed by atoms with van der Waals surface area (Å²) in [6.07, 6.45) is 0.115. The summed E-state index contributed by atoms with van der Waals surface area (Å²) in [6.45, 7) is 1.75. The Kier molecular flexibility index (Phi) is 7.77. The van der Waals surface area contributed by atoms with Gasteiger partial charge in [0.15, 0.2) is 0 Å². The van der Waals surface area contributed by atoms with Crippen molar-refractivity contribution in [1.82, 2.24) is 10.6 Å². The molecule has 0 spiro atoms. The second-order valence-corrected chi connectivity index (χ2v) is 3.43. The van der Waals surface area contributed by atoms with E-state index < -0.39 is 24.0 Å². The van der Waals surface area contributed by atoms with Gasteiger partial charge < -0.3 is 20.8 Å². The van der Waals surface area contributed by atoms with E-state index in [2.05, 4.69) is 22.5 Å². The number of carbonyl (C=O) groups is 3. The summed E-state index contributed by atoms with van der Waals surface area (Å²) in [5.74, 6) is 2.97. The lowest BCUT2D eigenvalue weighted by atomic mass is 10.1. The number of urea groups is 1. The summed E-state index contributed by atoms with van der Waals surface area (Å²) in [6, 6.07) is -1.74. The van der Waals surface area contributed by atoms with Crippen molar-refractivity contribution in [3.8, 4) is 11.8 Å². The fourth-order valence-electron chi connectivity index (χ4n) is 1.14. The van der Waals surface area contributed by atoms with Crippen LogP contribution in [0.4, 0.5) is 4.79 Å². The van der Waals surface area contributed by atoms with E-state index in [1.54, 1.807) is 6.92 Å². The Labute approximate surface area is 105 Å². The van der Waals surface area contributed by atoms with Gasteiger partial charge in [-0.1, -0.05) is 5.92 Å². The van der Waals surface area contributed by atoms with Crippen molar-refractivity contribution < 1.29 is 24.6 Å². The maximum Gasteiger partial charge on any atom is 0.326 e. The van der Waals surface area contributed by atoms with Crippen LogP contribution in [-0.2, 0) is 9.59 Å². The zero-order valence-corrected chi connectivity index (χ0v) is 10.0. The predicted octanol–water partition coefficient (Wildman–Crippen LogP) is 0.0170. The molecule has 4 N–H and O–H groups in total. The van der Waals surface area contributed by atoms with Crippen LogP contribution in [0.3, 0.4) is 0 Å². The highest BCUT2D eigenvalue weighted by Gasteiger charge is 2.19. The largest absolute Gasteiger partial charge is 0.481 e. The molecule has 7 nitrogen and oxygen atoms in total. The molecule has 0 saturated carbocycles. The molecule has 1 atom stereocenters. The van der Waals surface area contributed by atoms with Gasteiger partial charge in [-0.2, -0.15) is 0 Å².